The fourth-order valence-corrected chi connectivity index (χ4v) is 8.93. The third kappa shape index (κ3) is 3.17. The molecule has 1 aromatic heterocycles. The van der Waals surface area contributed by atoms with Gasteiger partial charge in [-0.3, -0.25) is 9.48 Å². The Morgan fingerprint density at radius 3 is 2.61 bits per heavy atom. The summed E-state index contributed by atoms with van der Waals surface area (Å²) in [7, 11) is 0. The highest BCUT2D eigenvalue weighted by Gasteiger charge is 2.65. The van der Waals surface area contributed by atoms with Gasteiger partial charge in [-0.15, -0.1) is 0 Å². The number of aromatic nitrogens is 2. The van der Waals surface area contributed by atoms with E-state index >= 15 is 0 Å². The number of nitrogens with zero attached hydrogens (tertiary/aromatic N) is 2. The average Bonchev–Trinajstić information content (AvgIpc) is 3.25. The number of ketones is 1. The standard InChI is InChI=1S/C26H41N3O2/c1-17-13-28-29(14-17)15-22(30)21-6-5-19-18-7-10-26(27)16-23(2,31)11-12-25(26,4)20(18)8-9-24(19,21)3/h13-14,18-21,31H,5-12,15-16,27H2,1-4H3/t18-,19-,20-,21+,23+,24-,25+,26+/m0/s1. The van der Waals surface area contributed by atoms with Gasteiger partial charge in [-0.05, 0) is 106 Å². The van der Waals surface area contributed by atoms with Gasteiger partial charge in [0.2, 0.25) is 0 Å². The summed E-state index contributed by atoms with van der Waals surface area (Å²) >= 11 is 0. The Kier molecular flexibility index (Phi) is 4.81. The summed E-state index contributed by atoms with van der Waals surface area (Å²) in [6.07, 6.45) is 13.1. The third-order valence-electron chi connectivity index (χ3n) is 10.7. The first kappa shape index (κ1) is 21.6. The molecule has 5 nitrogen and oxygen atoms in total. The number of carbonyl (C=O) groups is 1. The van der Waals surface area contributed by atoms with Crippen molar-refractivity contribution in [3.8, 4) is 0 Å². The molecular weight excluding hydrogens is 386 g/mol. The molecule has 4 aliphatic carbocycles. The molecule has 0 saturated heterocycles. The number of carbonyl (C=O) groups excluding carboxylic acids is 1. The zero-order chi connectivity index (χ0) is 22.2. The zero-order valence-corrected chi connectivity index (χ0v) is 19.9. The number of hydrogen-bond donors (Lipinski definition) is 2. The lowest BCUT2D eigenvalue weighted by molar-refractivity contribution is -0.160. The van der Waals surface area contributed by atoms with Crippen molar-refractivity contribution in [1.82, 2.24) is 9.78 Å². The number of rotatable bonds is 3. The molecule has 0 unspecified atom stereocenters. The van der Waals surface area contributed by atoms with E-state index in [9.17, 15) is 9.90 Å². The van der Waals surface area contributed by atoms with Crippen LogP contribution in [-0.2, 0) is 11.3 Å². The Labute approximate surface area is 187 Å². The summed E-state index contributed by atoms with van der Waals surface area (Å²) in [5, 5.41) is 15.1. The molecule has 0 bridgehead atoms. The van der Waals surface area contributed by atoms with E-state index in [2.05, 4.69) is 18.9 Å². The molecule has 0 aliphatic heterocycles. The second-order valence-corrected chi connectivity index (χ2v) is 12.5. The zero-order valence-electron chi connectivity index (χ0n) is 19.9. The molecule has 5 heteroatoms. The molecule has 4 fully saturated rings. The SMILES string of the molecule is Cc1cnn(CC(=O)[C@H]2CC[C@H]3[C@@H]4CC[C@@]5(N)C[C@](C)(O)CC[C@]5(C)[C@H]4CC[C@]23C)c1. The average molecular weight is 428 g/mol. The van der Waals surface area contributed by atoms with Crippen molar-refractivity contribution in [1.29, 1.82) is 0 Å². The van der Waals surface area contributed by atoms with Crippen molar-refractivity contribution in [2.45, 2.75) is 103 Å². The van der Waals surface area contributed by atoms with Crippen molar-refractivity contribution in [3.63, 3.8) is 0 Å². The number of Topliss-reactive ketones (excluding diaryl/α,β-unsaturated/α-hetero) is 1. The van der Waals surface area contributed by atoms with E-state index in [1.165, 1.54) is 12.8 Å². The Balaban J connectivity index is 1.37. The second kappa shape index (κ2) is 6.90. The van der Waals surface area contributed by atoms with Crippen molar-refractivity contribution < 1.29 is 9.90 Å². The molecule has 31 heavy (non-hydrogen) atoms. The molecule has 1 heterocycles. The van der Waals surface area contributed by atoms with E-state index in [1.54, 1.807) is 0 Å². The van der Waals surface area contributed by atoms with Gasteiger partial charge in [0.05, 0.1) is 18.3 Å². The molecule has 0 radical (unpaired) electrons. The van der Waals surface area contributed by atoms with Crippen LogP contribution in [0.1, 0.15) is 84.1 Å². The van der Waals surface area contributed by atoms with Crippen LogP contribution in [-0.4, -0.2) is 31.8 Å². The molecule has 0 spiro atoms. The normalized spacial score (nSPS) is 49.2. The third-order valence-corrected chi connectivity index (χ3v) is 10.7. The summed E-state index contributed by atoms with van der Waals surface area (Å²) in [4.78, 5) is 13.3. The topological polar surface area (TPSA) is 81.1 Å². The summed E-state index contributed by atoms with van der Waals surface area (Å²) in [6, 6.07) is 0. The minimum Gasteiger partial charge on any atom is -0.390 e. The molecule has 8 atom stereocenters. The first-order valence-electron chi connectivity index (χ1n) is 12.5. The second-order valence-electron chi connectivity index (χ2n) is 12.5. The molecule has 1 aromatic rings. The summed E-state index contributed by atoms with van der Waals surface area (Å²) in [5.41, 5.74) is 7.54. The fraction of sp³-hybridized carbons (Fsp3) is 0.846. The van der Waals surface area contributed by atoms with Crippen LogP contribution < -0.4 is 5.73 Å². The molecule has 0 aromatic carbocycles. The van der Waals surface area contributed by atoms with Gasteiger partial charge in [-0.25, -0.2) is 0 Å². The van der Waals surface area contributed by atoms with Crippen LogP contribution in [0, 0.1) is 41.4 Å². The van der Waals surface area contributed by atoms with Gasteiger partial charge in [0.1, 0.15) is 0 Å². The van der Waals surface area contributed by atoms with Crippen molar-refractivity contribution >= 4 is 5.78 Å². The smallest absolute Gasteiger partial charge is 0.157 e. The van der Waals surface area contributed by atoms with E-state index < -0.39 is 5.60 Å². The van der Waals surface area contributed by atoms with Crippen LogP contribution in [0.2, 0.25) is 0 Å². The Hall–Kier alpha value is -1.20. The Morgan fingerprint density at radius 2 is 1.90 bits per heavy atom. The molecule has 0 amide bonds. The van der Waals surface area contributed by atoms with E-state index in [0.717, 1.165) is 50.5 Å². The van der Waals surface area contributed by atoms with E-state index in [-0.39, 0.29) is 22.3 Å². The van der Waals surface area contributed by atoms with E-state index in [0.29, 0.717) is 30.1 Å². The number of aliphatic hydroxyl groups is 1. The summed E-state index contributed by atoms with van der Waals surface area (Å²) in [6.45, 7) is 9.25. The van der Waals surface area contributed by atoms with Crippen LogP contribution in [0.25, 0.3) is 0 Å². The highest BCUT2D eigenvalue weighted by molar-refractivity contribution is 5.82. The van der Waals surface area contributed by atoms with Crippen LogP contribution in [0.3, 0.4) is 0 Å². The molecule has 5 rings (SSSR count). The van der Waals surface area contributed by atoms with E-state index in [1.807, 2.05) is 30.9 Å². The number of hydrogen-bond acceptors (Lipinski definition) is 4. The molecule has 4 saturated carbocycles. The highest BCUT2D eigenvalue weighted by atomic mass is 16.3. The molecule has 172 valence electrons. The van der Waals surface area contributed by atoms with Gasteiger partial charge in [-0.2, -0.15) is 5.10 Å². The number of aryl methyl sites for hydroxylation is 1. The van der Waals surface area contributed by atoms with Crippen LogP contribution in [0.4, 0.5) is 0 Å². The maximum absolute atomic E-state index is 13.3. The van der Waals surface area contributed by atoms with Crippen LogP contribution in [0.5, 0.6) is 0 Å². The maximum atomic E-state index is 13.3. The largest absolute Gasteiger partial charge is 0.390 e. The van der Waals surface area contributed by atoms with Crippen LogP contribution in [0.15, 0.2) is 12.4 Å². The highest BCUT2D eigenvalue weighted by Crippen LogP contribution is 2.68. The molecule has 4 aliphatic rings. The van der Waals surface area contributed by atoms with Gasteiger partial charge in [0.25, 0.3) is 0 Å². The van der Waals surface area contributed by atoms with E-state index in [4.69, 9.17) is 5.73 Å². The first-order chi connectivity index (χ1) is 14.5. The lowest BCUT2D eigenvalue weighted by atomic mass is 9.41. The Morgan fingerprint density at radius 1 is 1.13 bits per heavy atom. The van der Waals surface area contributed by atoms with Crippen molar-refractivity contribution in [2.75, 3.05) is 0 Å². The molecule has 3 N–H and O–H groups in total. The monoisotopic (exact) mass is 427 g/mol. The van der Waals surface area contributed by atoms with Gasteiger partial charge in [-0.1, -0.05) is 13.8 Å². The lowest BCUT2D eigenvalue weighted by Gasteiger charge is -2.65. The van der Waals surface area contributed by atoms with Crippen LogP contribution >= 0.6 is 0 Å². The number of nitrogens with two attached hydrogens (primary N) is 1. The Bertz CT molecular complexity index is 878. The predicted octanol–water partition coefficient (Wildman–Crippen LogP) is 4.25. The van der Waals surface area contributed by atoms with Gasteiger partial charge >= 0.3 is 0 Å². The lowest BCUT2D eigenvalue weighted by Crippen LogP contribution is -2.68. The minimum atomic E-state index is -0.625. The number of fused-ring (bicyclic) bond motifs is 5. The van der Waals surface area contributed by atoms with Gasteiger partial charge in [0, 0.05) is 17.7 Å². The first-order valence-corrected chi connectivity index (χ1v) is 12.5. The van der Waals surface area contributed by atoms with Crippen molar-refractivity contribution in [2.24, 2.45) is 40.2 Å². The predicted molar refractivity (Wildman–Crippen MR) is 121 cm³/mol. The quantitative estimate of drug-likeness (QED) is 0.755. The minimum absolute atomic E-state index is 0.105. The summed E-state index contributed by atoms with van der Waals surface area (Å²) < 4.78 is 1.82. The van der Waals surface area contributed by atoms with Gasteiger partial charge < -0.3 is 10.8 Å². The maximum Gasteiger partial charge on any atom is 0.157 e. The fourth-order valence-electron chi connectivity index (χ4n) is 8.93. The van der Waals surface area contributed by atoms with Crippen molar-refractivity contribution in [3.05, 3.63) is 18.0 Å². The molecular formula is C26H41N3O2. The summed E-state index contributed by atoms with van der Waals surface area (Å²) in [5.74, 6) is 2.46. The van der Waals surface area contributed by atoms with Gasteiger partial charge in [0.15, 0.2) is 5.78 Å².